The van der Waals surface area contributed by atoms with Crippen molar-refractivity contribution >= 4 is 47.4 Å². The van der Waals surface area contributed by atoms with E-state index >= 15 is 0 Å². The number of amides is 6. The van der Waals surface area contributed by atoms with E-state index in [-0.39, 0.29) is 51.1 Å². The van der Waals surface area contributed by atoms with Gasteiger partial charge in [-0.05, 0) is 77.3 Å². The fourth-order valence-corrected chi connectivity index (χ4v) is 4.57. The molecule has 0 spiro atoms. The molecule has 0 saturated carbocycles. The molecule has 0 aromatic heterocycles. The van der Waals surface area contributed by atoms with Crippen molar-refractivity contribution in [1.29, 1.82) is 0 Å². The van der Waals surface area contributed by atoms with E-state index in [2.05, 4.69) is 26.6 Å². The number of rotatable bonds is 26. The number of nitrogens with one attached hydrogen (secondary N) is 5. The molecule has 0 aromatic rings. The molecular weight excluding hydrogens is 646 g/mol. The molecular formula is C30H55N9O10. The van der Waals surface area contributed by atoms with Crippen molar-refractivity contribution in [3.8, 4) is 0 Å². The number of primary amides is 1. The zero-order valence-corrected chi connectivity index (χ0v) is 28.5. The van der Waals surface area contributed by atoms with Crippen LogP contribution in [0.4, 0.5) is 0 Å². The predicted molar refractivity (Wildman–Crippen MR) is 177 cm³/mol. The van der Waals surface area contributed by atoms with Crippen LogP contribution in [0.5, 0.6) is 0 Å². The van der Waals surface area contributed by atoms with Gasteiger partial charge >= 0.3 is 11.9 Å². The van der Waals surface area contributed by atoms with Crippen LogP contribution in [0.1, 0.15) is 85.0 Å². The zero-order chi connectivity index (χ0) is 37.7. The second-order valence-corrected chi connectivity index (χ2v) is 12.2. The van der Waals surface area contributed by atoms with E-state index in [1.54, 1.807) is 0 Å². The summed E-state index contributed by atoms with van der Waals surface area (Å²) in [6.45, 7) is 5.53. The quantitative estimate of drug-likeness (QED) is 0.0398. The van der Waals surface area contributed by atoms with Crippen LogP contribution in [-0.2, 0) is 38.4 Å². The van der Waals surface area contributed by atoms with Crippen LogP contribution >= 0.6 is 0 Å². The molecule has 0 aliphatic carbocycles. The van der Waals surface area contributed by atoms with Crippen molar-refractivity contribution in [3.05, 3.63) is 0 Å². The number of carbonyl (C=O) groups is 8. The summed E-state index contributed by atoms with van der Waals surface area (Å²) in [5, 5.41) is 30.8. The number of carboxylic acids is 2. The highest BCUT2D eigenvalue weighted by Crippen LogP contribution is 2.08. The van der Waals surface area contributed by atoms with Gasteiger partial charge in [0.2, 0.25) is 35.4 Å². The molecule has 0 fully saturated rings. The lowest BCUT2D eigenvalue weighted by atomic mass is 10.0. The summed E-state index contributed by atoms with van der Waals surface area (Å²) >= 11 is 0. The average molecular weight is 702 g/mol. The third-order valence-electron chi connectivity index (χ3n) is 7.28. The number of hydrogen-bond donors (Lipinski definition) is 11. The lowest BCUT2D eigenvalue weighted by Gasteiger charge is -2.26. The Balaban J connectivity index is 5.94. The standard InChI is InChI=1S/C30H55N9O10/c1-16(2)14-18(33)26(44)39-22(15-24(41)42)29(47)37-20(9-5-7-13-32)28(46)36-19(8-4-6-12-31)27(45)35-17(3)25(43)38-21(30(48)49)10-11-23(34)40/h16-22H,4-15,31-33H2,1-3H3,(H2,34,40)(H,35,45)(H,36,46)(H,37,47)(H,38,43)(H,39,44)(H,41,42)(H,48,49)/t17-,18-,19-,20-,21-,22-/m0/s1. The number of aliphatic carboxylic acids is 2. The molecule has 6 amide bonds. The maximum atomic E-state index is 13.5. The second kappa shape index (κ2) is 23.9. The van der Waals surface area contributed by atoms with Crippen molar-refractivity contribution in [2.75, 3.05) is 13.1 Å². The Bertz CT molecular complexity index is 1140. The summed E-state index contributed by atoms with van der Waals surface area (Å²) in [6.07, 6.45) is 0.758. The van der Waals surface area contributed by atoms with Crippen LogP contribution in [0.25, 0.3) is 0 Å². The lowest BCUT2D eigenvalue weighted by Crippen LogP contribution is -2.59. The van der Waals surface area contributed by atoms with Gasteiger partial charge in [0.15, 0.2) is 0 Å². The summed E-state index contributed by atoms with van der Waals surface area (Å²) in [6, 6.07) is -7.78. The van der Waals surface area contributed by atoms with E-state index in [1.807, 2.05) is 13.8 Å². The summed E-state index contributed by atoms with van der Waals surface area (Å²) in [4.78, 5) is 99.4. The largest absolute Gasteiger partial charge is 0.481 e. The van der Waals surface area contributed by atoms with Crippen LogP contribution in [-0.4, -0.2) is 107 Å². The third kappa shape index (κ3) is 19.3. The second-order valence-electron chi connectivity index (χ2n) is 12.2. The van der Waals surface area contributed by atoms with Crippen molar-refractivity contribution < 1.29 is 48.6 Å². The molecule has 49 heavy (non-hydrogen) atoms. The van der Waals surface area contributed by atoms with Crippen molar-refractivity contribution in [2.45, 2.75) is 121 Å². The van der Waals surface area contributed by atoms with Gasteiger partial charge in [-0.15, -0.1) is 0 Å². The number of nitrogens with two attached hydrogens (primary N) is 4. The van der Waals surface area contributed by atoms with E-state index < -0.39 is 90.1 Å². The number of hydrogen-bond acceptors (Lipinski definition) is 11. The van der Waals surface area contributed by atoms with Gasteiger partial charge in [0.25, 0.3) is 0 Å². The van der Waals surface area contributed by atoms with Gasteiger partial charge in [-0.1, -0.05) is 13.8 Å². The topological polar surface area (TPSA) is 341 Å². The first-order chi connectivity index (χ1) is 22.9. The van der Waals surface area contributed by atoms with Gasteiger partial charge in [-0.2, -0.15) is 0 Å². The van der Waals surface area contributed by atoms with Crippen LogP contribution in [0.15, 0.2) is 0 Å². The molecule has 15 N–H and O–H groups in total. The lowest BCUT2D eigenvalue weighted by molar-refractivity contribution is -0.143. The molecule has 0 aliphatic rings. The minimum Gasteiger partial charge on any atom is -0.481 e. The van der Waals surface area contributed by atoms with Crippen LogP contribution < -0.4 is 49.5 Å². The minimum atomic E-state index is -1.56. The average Bonchev–Trinajstić information content (AvgIpc) is 3.00. The Kier molecular flexibility index (Phi) is 21.8. The monoisotopic (exact) mass is 701 g/mol. The van der Waals surface area contributed by atoms with Crippen LogP contribution in [0.2, 0.25) is 0 Å². The molecule has 0 radical (unpaired) electrons. The van der Waals surface area contributed by atoms with E-state index in [4.69, 9.17) is 22.9 Å². The number of unbranched alkanes of at least 4 members (excludes halogenated alkanes) is 2. The van der Waals surface area contributed by atoms with Crippen LogP contribution in [0, 0.1) is 5.92 Å². The molecule has 280 valence electrons. The summed E-state index contributed by atoms with van der Waals surface area (Å²) in [5.41, 5.74) is 22.1. The fourth-order valence-electron chi connectivity index (χ4n) is 4.57. The van der Waals surface area contributed by atoms with Crippen molar-refractivity contribution in [1.82, 2.24) is 26.6 Å². The van der Waals surface area contributed by atoms with E-state index in [9.17, 15) is 48.6 Å². The van der Waals surface area contributed by atoms with E-state index in [1.165, 1.54) is 6.92 Å². The first-order valence-electron chi connectivity index (χ1n) is 16.3. The highest BCUT2D eigenvalue weighted by Gasteiger charge is 2.32. The maximum absolute atomic E-state index is 13.5. The Morgan fingerprint density at radius 2 is 1.04 bits per heavy atom. The maximum Gasteiger partial charge on any atom is 0.326 e. The summed E-state index contributed by atoms with van der Waals surface area (Å²) in [5.74, 6) is -7.68. The first-order valence-corrected chi connectivity index (χ1v) is 16.3. The van der Waals surface area contributed by atoms with Gasteiger partial charge in [0.1, 0.15) is 30.2 Å². The van der Waals surface area contributed by atoms with Gasteiger partial charge in [-0.3, -0.25) is 33.6 Å². The molecule has 19 heteroatoms. The first kappa shape index (κ1) is 44.6. The van der Waals surface area contributed by atoms with E-state index in [0.29, 0.717) is 25.7 Å². The minimum absolute atomic E-state index is 0.0467. The molecule has 0 rings (SSSR count). The van der Waals surface area contributed by atoms with Crippen molar-refractivity contribution in [3.63, 3.8) is 0 Å². The highest BCUT2D eigenvalue weighted by molar-refractivity contribution is 5.97. The fraction of sp³-hybridized carbons (Fsp3) is 0.733. The van der Waals surface area contributed by atoms with Gasteiger partial charge < -0.3 is 59.7 Å². The van der Waals surface area contributed by atoms with Crippen molar-refractivity contribution in [2.24, 2.45) is 28.9 Å². The zero-order valence-electron chi connectivity index (χ0n) is 28.5. The van der Waals surface area contributed by atoms with Gasteiger partial charge in [-0.25, -0.2) is 4.79 Å². The Morgan fingerprint density at radius 3 is 1.47 bits per heavy atom. The Morgan fingerprint density at radius 1 is 0.592 bits per heavy atom. The summed E-state index contributed by atoms with van der Waals surface area (Å²) in [7, 11) is 0. The SMILES string of the molecule is CC(C)C[C@H](N)C(=O)N[C@@H](CC(=O)O)C(=O)N[C@@H](CCCCN)C(=O)N[C@@H](CCCCN)C(=O)N[C@@H](C)C(=O)N[C@@H](CCC(N)=O)C(=O)O. The molecule has 0 aliphatic heterocycles. The molecule has 19 nitrogen and oxygen atoms in total. The Labute approximate surface area is 285 Å². The van der Waals surface area contributed by atoms with Gasteiger partial charge in [0, 0.05) is 6.42 Å². The smallest absolute Gasteiger partial charge is 0.326 e. The highest BCUT2D eigenvalue weighted by atomic mass is 16.4. The molecule has 0 heterocycles. The predicted octanol–water partition coefficient (Wildman–Crippen LogP) is -3.11. The molecule has 0 saturated heterocycles. The normalized spacial score (nSPS) is 14.7. The Hall–Kier alpha value is -4.36. The third-order valence-corrected chi connectivity index (χ3v) is 7.28. The summed E-state index contributed by atoms with van der Waals surface area (Å²) < 4.78 is 0. The van der Waals surface area contributed by atoms with E-state index in [0.717, 1.165) is 0 Å². The molecule has 0 bridgehead atoms. The van der Waals surface area contributed by atoms with Crippen LogP contribution in [0.3, 0.4) is 0 Å². The molecule has 0 unspecified atom stereocenters. The molecule has 0 aromatic carbocycles. The molecule has 6 atom stereocenters. The number of carbonyl (C=O) groups excluding carboxylic acids is 6. The number of carboxylic acid groups (broad SMARTS) is 2. The van der Waals surface area contributed by atoms with Gasteiger partial charge in [0.05, 0.1) is 12.5 Å².